The Hall–Kier alpha value is -1.12. The summed E-state index contributed by atoms with van der Waals surface area (Å²) in [5, 5.41) is 7.60. The molecule has 1 aliphatic rings. The molecule has 1 aliphatic carbocycles. The van der Waals surface area contributed by atoms with Crippen molar-refractivity contribution in [1.82, 2.24) is 10.2 Å². The zero-order valence-electron chi connectivity index (χ0n) is 6.99. The molecule has 1 aromatic rings. The van der Waals surface area contributed by atoms with Crippen molar-refractivity contribution in [3.8, 4) is 0 Å². The SMILES string of the molecule is C=C1CCC(c2nnco2)CC1. The van der Waals surface area contributed by atoms with Crippen molar-refractivity contribution >= 4 is 0 Å². The molecule has 64 valence electrons. The molecule has 0 saturated heterocycles. The summed E-state index contributed by atoms with van der Waals surface area (Å²) in [6.07, 6.45) is 5.83. The van der Waals surface area contributed by atoms with Gasteiger partial charge in [-0.25, -0.2) is 0 Å². The Morgan fingerprint density at radius 2 is 2.17 bits per heavy atom. The third-order valence-electron chi connectivity index (χ3n) is 2.42. The second kappa shape index (κ2) is 3.09. The number of aromatic nitrogens is 2. The summed E-state index contributed by atoms with van der Waals surface area (Å²) >= 11 is 0. The molecule has 2 rings (SSSR count). The maximum atomic E-state index is 5.16. The highest BCUT2D eigenvalue weighted by Crippen LogP contribution is 2.33. The van der Waals surface area contributed by atoms with E-state index in [0.29, 0.717) is 5.92 Å². The van der Waals surface area contributed by atoms with Crippen molar-refractivity contribution in [3.05, 3.63) is 24.4 Å². The minimum atomic E-state index is 0.470. The van der Waals surface area contributed by atoms with Gasteiger partial charge in [-0.1, -0.05) is 12.2 Å². The van der Waals surface area contributed by atoms with Crippen molar-refractivity contribution in [3.63, 3.8) is 0 Å². The predicted octanol–water partition coefficient (Wildman–Crippen LogP) is 2.28. The standard InChI is InChI=1S/C9H12N2O/c1-7-2-4-8(5-3-7)9-11-10-6-12-9/h6,8H,1-5H2. The lowest BCUT2D eigenvalue weighted by molar-refractivity contribution is 0.395. The van der Waals surface area contributed by atoms with Gasteiger partial charge in [-0.2, -0.15) is 0 Å². The van der Waals surface area contributed by atoms with E-state index in [1.54, 1.807) is 0 Å². The summed E-state index contributed by atoms with van der Waals surface area (Å²) in [6, 6.07) is 0. The van der Waals surface area contributed by atoms with Crippen molar-refractivity contribution in [2.75, 3.05) is 0 Å². The van der Waals surface area contributed by atoms with Crippen LogP contribution in [0.15, 0.2) is 23.0 Å². The Balaban J connectivity index is 2.03. The number of nitrogens with zero attached hydrogens (tertiary/aromatic N) is 2. The average Bonchev–Trinajstić information content (AvgIpc) is 2.58. The normalized spacial score (nSPS) is 19.8. The van der Waals surface area contributed by atoms with Crippen LogP contribution in [-0.4, -0.2) is 10.2 Å². The summed E-state index contributed by atoms with van der Waals surface area (Å²) < 4.78 is 5.16. The molecule has 0 unspecified atom stereocenters. The van der Waals surface area contributed by atoms with Gasteiger partial charge < -0.3 is 4.42 Å². The fourth-order valence-electron chi connectivity index (χ4n) is 1.63. The summed E-state index contributed by atoms with van der Waals surface area (Å²) in [4.78, 5) is 0. The Morgan fingerprint density at radius 1 is 1.42 bits per heavy atom. The van der Waals surface area contributed by atoms with Crippen LogP contribution < -0.4 is 0 Å². The van der Waals surface area contributed by atoms with E-state index in [4.69, 9.17) is 4.42 Å². The number of allylic oxidation sites excluding steroid dienone is 1. The van der Waals surface area contributed by atoms with Crippen molar-refractivity contribution in [2.24, 2.45) is 0 Å². The highest BCUT2D eigenvalue weighted by atomic mass is 16.4. The fraction of sp³-hybridized carbons (Fsp3) is 0.556. The molecule has 0 radical (unpaired) electrons. The van der Waals surface area contributed by atoms with Crippen LogP contribution in [0.1, 0.15) is 37.5 Å². The molecule has 1 heterocycles. The zero-order chi connectivity index (χ0) is 8.39. The molecular formula is C9H12N2O. The molecule has 0 bridgehead atoms. The van der Waals surface area contributed by atoms with Crippen molar-refractivity contribution < 1.29 is 4.42 Å². The van der Waals surface area contributed by atoms with E-state index >= 15 is 0 Å². The van der Waals surface area contributed by atoms with Gasteiger partial charge in [0.05, 0.1) is 0 Å². The Labute approximate surface area is 71.5 Å². The Morgan fingerprint density at radius 3 is 2.75 bits per heavy atom. The first-order chi connectivity index (χ1) is 5.86. The van der Waals surface area contributed by atoms with Crippen molar-refractivity contribution in [2.45, 2.75) is 31.6 Å². The molecular weight excluding hydrogens is 152 g/mol. The number of hydrogen-bond donors (Lipinski definition) is 0. The molecule has 0 aromatic carbocycles. The molecule has 3 nitrogen and oxygen atoms in total. The highest BCUT2D eigenvalue weighted by Gasteiger charge is 2.20. The van der Waals surface area contributed by atoms with Crippen LogP contribution in [0.2, 0.25) is 0 Å². The lowest BCUT2D eigenvalue weighted by atomic mass is 9.86. The lowest BCUT2D eigenvalue weighted by Gasteiger charge is -2.19. The summed E-state index contributed by atoms with van der Waals surface area (Å²) in [5.74, 6) is 1.26. The summed E-state index contributed by atoms with van der Waals surface area (Å²) in [6.45, 7) is 3.96. The first kappa shape index (κ1) is 7.53. The summed E-state index contributed by atoms with van der Waals surface area (Å²) in [5.41, 5.74) is 1.35. The van der Waals surface area contributed by atoms with Crippen LogP contribution in [-0.2, 0) is 0 Å². The van der Waals surface area contributed by atoms with Gasteiger partial charge in [-0.15, -0.1) is 10.2 Å². The van der Waals surface area contributed by atoms with Crippen LogP contribution in [0.4, 0.5) is 0 Å². The summed E-state index contributed by atoms with van der Waals surface area (Å²) in [7, 11) is 0. The van der Waals surface area contributed by atoms with Gasteiger partial charge in [0.2, 0.25) is 12.3 Å². The lowest BCUT2D eigenvalue weighted by Crippen LogP contribution is -2.06. The van der Waals surface area contributed by atoms with E-state index in [0.717, 1.165) is 31.6 Å². The maximum Gasteiger partial charge on any atom is 0.219 e. The molecule has 0 amide bonds. The van der Waals surface area contributed by atoms with Crippen LogP contribution in [0.25, 0.3) is 0 Å². The molecule has 0 atom stereocenters. The number of hydrogen-bond acceptors (Lipinski definition) is 3. The van der Waals surface area contributed by atoms with Gasteiger partial charge in [-0.05, 0) is 25.7 Å². The third kappa shape index (κ3) is 1.40. The topological polar surface area (TPSA) is 38.9 Å². The fourth-order valence-corrected chi connectivity index (χ4v) is 1.63. The van der Waals surface area contributed by atoms with E-state index in [-0.39, 0.29) is 0 Å². The van der Waals surface area contributed by atoms with Crippen molar-refractivity contribution in [1.29, 1.82) is 0 Å². The number of rotatable bonds is 1. The van der Waals surface area contributed by atoms with Gasteiger partial charge in [0.15, 0.2) is 0 Å². The monoisotopic (exact) mass is 164 g/mol. The van der Waals surface area contributed by atoms with Crippen LogP contribution in [0, 0.1) is 0 Å². The molecule has 12 heavy (non-hydrogen) atoms. The molecule has 0 aliphatic heterocycles. The van der Waals surface area contributed by atoms with Crippen LogP contribution in [0.5, 0.6) is 0 Å². The quantitative estimate of drug-likeness (QED) is 0.598. The van der Waals surface area contributed by atoms with Crippen LogP contribution in [0.3, 0.4) is 0 Å². The maximum absolute atomic E-state index is 5.16. The predicted molar refractivity (Wildman–Crippen MR) is 44.6 cm³/mol. The zero-order valence-corrected chi connectivity index (χ0v) is 6.99. The minimum absolute atomic E-state index is 0.470. The van der Waals surface area contributed by atoms with Gasteiger partial charge in [0.25, 0.3) is 0 Å². The molecule has 1 saturated carbocycles. The van der Waals surface area contributed by atoms with Gasteiger partial charge >= 0.3 is 0 Å². The first-order valence-corrected chi connectivity index (χ1v) is 4.29. The second-order valence-corrected chi connectivity index (χ2v) is 3.30. The van der Waals surface area contributed by atoms with Gasteiger partial charge in [-0.3, -0.25) is 0 Å². The molecule has 1 aromatic heterocycles. The largest absolute Gasteiger partial charge is 0.428 e. The van der Waals surface area contributed by atoms with E-state index in [1.807, 2.05) is 0 Å². The van der Waals surface area contributed by atoms with E-state index in [2.05, 4.69) is 16.8 Å². The van der Waals surface area contributed by atoms with E-state index in [1.165, 1.54) is 12.0 Å². The van der Waals surface area contributed by atoms with E-state index < -0.39 is 0 Å². The first-order valence-electron chi connectivity index (χ1n) is 4.29. The molecule has 0 N–H and O–H groups in total. The molecule has 1 fully saturated rings. The Kier molecular flexibility index (Phi) is 1.94. The smallest absolute Gasteiger partial charge is 0.219 e. The van der Waals surface area contributed by atoms with Gasteiger partial charge in [0.1, 0.15) is 0 Å². The highest BCUT2D eigenvalue weighted by molar-refractivity contribution is 5.04. The third-order valence-corrected chi connectivity index (χ3v) is 2.42. The van der Waals surface area contributed by atoms with Crippen LogP contribution >= 0.6 is 0 Å². The minimum Gasteiger partial charge on any atom is -0.428 e. The Bertz CT molecular complexity index is 256. The van der Waals surface area contributed by atoms with Gasteiger partial charge in [0, 0.05) is 5.92 Å². The average molecular weight is 164 g/mol. The molecule has 3 heteroatoms. The molecule has 0 spiro atoms. The second-order valence-electron chi connectivity index (χ2n) is 3.30. The van der Waals surface area contributed by atoms with E-state index in [9.17, 15) is 0 Å².